The maximum absolute atomic E-state index is 11.0. The lowest BCUT2D eigenvalue weighted by Gasteiger charge is -2.10. The summed E-state index contributed by atoms with van der Waals surface area (Å²) < 4.78 is 27.1. The molecule has 1 fully saturated rings. The fourth-order valence-electron chi connectivity index (χ4n) is 0.956. The van der Waals surface area contributed by atoms with Gasteiger partial charge in [-0.3, -0.25) is 0 Å². The van der Waals surface area contributed by atoms with E-state index < -0.39 is 9.84 Å². The van der Waals surface area contributed by atoms with Crippen LogP contribution in [0.3, 0.4) is 0 Å². The van der Waals surface area contributed by atoms with Crippen molar-refractivity contribution in [2.75, 3.05) is 32.6 Å². The van der Waals surface area contributed by atoms with Gasteiger partial charge in [0.2, 0.25) is 0 Å². The number of hydrogen-bond acceptors (Lipinski definition) is 4. The molecular formula is C6H13NO3S. The zero-order valence-electron chi connectivity index (χ0n) is 6.54. The average Bonchev–Trinajstić information content (AvgIpc) is 2.10. The molecule has 66 valence electrons. The second kappa shape index (κ2) is 3.51. The summed E-state index contributed by atoms with van der Waals surface area (Å²) in [5, 5.41) is 2.63. The molecule has 0 aromatic rings. The molecule has 1 aliphatic rings. The minimum Gasteiger partial charge on any atom is -0.379 e. The number of ether oxygens (including phenoxy) is 1. The van der Waals surface area contributed by atoms with Crippen molar-refractivity contribution in [1.29, 1.82) is 0 Å². The van der Waals surface area contributed by atoms with E-state index >= 15 is 0 Å². The van der Waals surface area contributed by atoms with Gasteiger partial charge in [-0.25, -0.2) is 8.42 Å². The van der Waals surface area contributed by atoms with E-state index in [2.05, 4.69) is 5.32 Å². The molecule has 1 aliphatic heterocycles. The van der Waals surface area contributed by atoms with Gasteiger partial charge in [0.25, 0.3) is 0 Å². The first-order valence-electron chi connectivity index (χ1n) is 3.58. The first kappa shape index (κ1) is 8.96. The summed E-state index contributed by atoms with van der Waals surface area (Å²) in [5.41, 5.74) is 0. The Hall–Kier alpha value is -0.130. The average molecular weight is 179 g/mol. The van der Waals surface area contributed by atoms with Crippen LogP contribution in [0.1, 0.15) is 0 Å². The van der Waals surface area contributed by atoms with Gasteiger partial charge in [0, 0.05) is 19.3 Å². The minimum absolute atomic E-state index is 0.325. The van der Waals surface area contributed by atoms with Crippen LogP contribution in [-0.4, -0.2) is 46.2 Å². The monoisotopic (exact) mass is 179 g/mol. The maximum Gasteiger partial charge on any atom is 0.153 e. The van der Waals surface area contributed by atoms with Crippen molar-refractivity contribution < 1.29 is 13.2 Å². The van der Waals surface area contributed by atoms with Gasteiger partial charge in [-0.1, -0.05) is 0 Å². The first-order valence-corrected chi connectivity index (χ1v) is 5.53. The molecule has 1 atom stereocenters. The summed E-state index contributed by atoms with van der Waals surface area (Å²) in [5.74, 6) is 0. The van der Waals surface area contributed by atoms with E-state index in [1.807, 2.05) is 0 Å². The van der Waals surface area contributed by atoms with Crippen molar-refractivity contribution in [1.82, 2.24) is 5.32 Å². The number of rotatable bonds is 1. The second-order valence-electron chi connectivity index (χ2n) is 2.73. The molecule has 0 bridgehead atoms. The Morgan fingerprint density at radius 1 is 1.55 bits per heavy atom. The van der Waals surface area contributed by atoms with Crippen LogP contribution < -0.4 is 5.32 Å². The Morgan fingerprint density at radius 3 is 2.91 bits per heavy atom. The number of nitrogens with one attached hydrogen (secondary N) is 1. The fraction of sp³-hybridized carbons (Fsp3) is 1.00. The molecule has 11 heavy (non-hydrogen) atoms. The quantitative estimate of drug-likeness (QED) is 0.562. The molecule has 0 aromatic carbocycles. The molecule has 4 nitrogen and oxygen atoms in total. The van der Waals surface area contributed by atoms with Crippen LogP contribution >= 0.6 is 0 Å². The normalized spacial score (nSPS) is 27.9. The largest absolute Gasteiger partial charge is 0.379 e. The maximum atomic E-state index is 11.0. The van der Waals surface area contributed by atoms with E-state index in [0.717, 1.165) is 6.54 Å². The molecule has 1 heterocycles. The second-order valence-corrected chi connectivity index (χ2v) is 5.06. The van der Waals surface area contributed by atoms with Crippen LogP contribution in [0.25, 0.3) is 0 Å². The predicted molar refractivity (Wildman–Crippen MR) is 42.3 cm³/mol. The van der Waals surface area contributed by atoms with Gasteiger partial charge in [-0.2, -0.15) is 0 Å². The lowest BCUT2D eigenvalue weighted by molar-refractivity contribution is 0.153. The van der Waals surface area contributed by atoms with Crippen molar-refractivity contribution in [3.63, 3.8) is 0 Å². The Labute approximate surface area is 66.8 Å². The van der Waals surface area contributed by atoms with Gasteiger partial charge >= 0.3 is 0 Å². The highest BCUT2D eigenvalue weighted by atomic mass is 32.2. The van der Waals surface area contributed by atoms with Gasteiger partial charge in [-0.15, -0.1) is 0 Å². The number of sulfone groups is 1. The summed E-state index contributed by atoms with van der Waals surface area (Å²) in [4.78, 5) is 0. The van der Waals surface area contributed by atoms with E-state index in [9.17, 15) is 8.42 Å². The first-order chi connectivity index (χ1) is 5.11. The van der Waals surface area contributed by atoms with Gasteiger partial charge < -0.3 is 10.1 Å². The molecule has 0 aliphatic carbocycles. The standard InChI is InChI=1S/C6H13NO3S/c1-11(8,9)6-4-7-2-3-10-5-6/h6-7H,2-5H2,1H3/t6-/m1/s1. The van der Waals surface area contributed by atoms with E-state index in [-0.39, 0.29) is 5.25 Å². The van der Waals surface area contributed by atoms with Crippen LogP contribution in [0.5, 0.6) is 0 Å². The highest BCUT2D eigenvalue weighted by Gasteiger charge is 2.21. The molecular weight excluding hydrogens is 166 g/mol. The van der Waals surface area contributed by atoms with Crippen LogP contribution in [0.4, 0.5) is 0 Å². The van der Waals surface area contributed by atoms with E-state index in [1.165, 1.54) is 6.26 Å². The zero-order chi connectivity index (χ0) is 8.32. The highest BCUT2D eigenvalue weighted by Crippen LogP contribution is 2.00. The SMILES string of the molecule is CS(=O)(=O)[C@@H]1CNCCOC1. The Kier molecular flexibility index (Phi) is 2.86. The molecule has 0 radical (unpaired) electrons. The zero-order valence-corrected chi connectivity index (χ0v) is 7.36. The summed E-state index contributed by atoms with van der Waals surface area (Å²) >= 11 is 0. The smallest absolute Gasteiger partial charge is 0.153 e. The highest BCUT2D eigenvalue weighted by molar-refractivity contribution is 7.91. The van der Waals surface area contributed by atoms with Crippen molar-refractivity contribution in [2.24, 2.45) is 0 Å². The van der Waals surface area contributed by atoms with E-state index in [1.54, 1.807) is 0 Å². The molecule has 1 N–H and O–H groups in total. The van der Waals surface area contributed by atoms with Gasteiger partial charge in [0.1, 0.15) is 0 Å². The van der Waals surface area contributed by atoms with Crippen LogP contribution in [0.2, 0.25) is 0 Å². The molecule has 0 aromatic heterocycles. The Balaban J connectivity index is 2.57. The Morgan fingerprint density at radius 2 is 2.27 bits per heavy atom. The lowest BCUT2D eigenvalue weighted by atomic mass is 10.4. The third kappa shape index (κ3) is 2.76. The number of hydrogen-bond donors (Lipinski definition) is 1. The van der Waals surface area contributed by atoms with Crippen molar-refractivity contribution in [2.45, 2.75) is 5.25 Å². The van der Waals surface area contributed by atoms with Crippen molar-refractivity contribution >= 4 is 9.84 Å². The molecule has 0 saturated carbocycles. The molecule has 5 heteroatoms. The van der Waals surface area contributed by atoms with Gasteiger partial charge in [0.05, 0.1) is 18.5 Å². The topological polar surface area (TPSA) is 55.4 Å². The lowest BCUT2D eigenvalue weighted by Crippen LogP contribution is -2.33. The summed E-state index contributed by atoms with van der Waals surface area (Å²) in [7, 11) is -2.94. The van der Waals surface area contributed by atoms with Crippen LogP contribution in [0, 0.1) is 0 Å². The molecule has 0 unspecified atom stereocenters. The summed E-state index contributed by atoms with van der Waals surface area (Å²) in [6.07, 6.45) is 1.24. The molecule has 1 rings (SSSR count). The Bertz CT molecular complexity index is 204. The van der Waals surface area contributed by atoms with Crippen molar-refractivity contribution in [3.05, 3.63) is 0 Å². The van der Waals surface area contributed by atoms with Gasteiger partial charge in [0.15, 0.2) is 9.84 Å². The third-order valence-corrected chi connectivity index (χ3v) is 3.22. The van der Waals surface area contributed by atoms with Crippen LogP contribution in [-0.2, 0) is 14.6 Å². The van der Waals surface area contributed by atoms with Gasteiger partial charge in [-0.05, 0) is 0 Å². The molecule has 1 saturated heterocycles. The van der Waals surface area contributed by atoms with Crippen molar-refractivity contribution in [3.8, 4) is 0 Å². The van der Waals surface area contributed by atoms with E-state index in [0.29, 0.717) is 19.8 Å². The predicted octanol–water partition coefficient (Wildman–Crippen LogP) is -0.981. The summed E-state index contributed by atoms with van der Waals surface area (Å²) in [6.45, 7) is 2.18. The summed E-state index contributed by atoms with van der Waals surface area (Å²) in [6, 6.07) is 0. The van der Waals surface area contributed by atoms with E-state index in [4.69, 9.17) is 4.74 Å². The third-order valence-electron chi connectivity index (χ3n) is 1.70. The molecule has 0 amide bonds. The van der Waals surface area contributed by atoms with Crippen LogP contribution in [0.15, 0.2) is 0 Å². The minimum atomic E-state index is -2.94. The molecule has 0 spiro atoms. The fourth-order valence-corrected chi connectivity index (χ4v) is 1.72.